The van der Waals surface area contributed by atoms with E-state index in [1.54, 1.807) is 11.3 Å². The average molecular weight is 316 g/mol. The second-order valence-corrected chi connectivity index (χ2v) is 7.19. The van der Waals surface area contributed by atoms with E-state index in [9.17, 15) is 4.79 Å². The lowest BCUT2D eigenvalue weighted by molar-refractivity contribution is -0.121. The molecule has 0 atom stereocenters. The Morgan fingerprint density at radius 3 is 2.59 bits per heavy atom. The summed E-state index contributed by atoms with van der Waals surface area (Å²) in [5.74, 6) is 0.172. The van der Waals surface area contributed by atoms with Gasteiger partial charge in [-0.15, -0.1) is 11.3 Å². The van der Waals surface area contributed by atoms with Gasteiger partial charge in [-0.05, 0) is 40.9 Å². The standard InChI is InChI=1S/C13H18BrNOS/c14-12-8-7-11(17-12)9-13(16)15-10-5-3-1-2-4-6-10/h7-8,10H,1-6,9H2,(H,15,16). The largest absolute Gasteiger partial charge is 0.353 e. The maximum absolute atomic E-state index is 11.9. The Morgan fingerprint density at radius 1 is 1.29 bits per heavy atom. The first-order valence-corrected chi connectivity index (χ1v) is 7.88. The Morgan fingerprint density at radius 2 is 2.00 bits per heavy atom. The predicted octanol–water partition coefficient (Wildman–Crippen LogP) is 3.89. The minimum absolute atomic E-state index is 0.172. The van der Waals surface area contributed by atoms with E-state index in [1.807, 2.05) is 12.1 Å². The van der Waals surface area contributed by atoms with Crippen molar-refractivity contribution in [3.05, 3.63) is 20.8 Å². The number of hydrogen-bond donors (Lipinski definition) is 1. The second-order valence-electron chi connectivity index (χ2n) is 4.64. The van der Waals surface area contributed by atoms with Crippen molar-refractivity contribution in [2.75, 3.05) is 0 Å². The summed E-state index contributed by atoms with van der Waals surface area (Å²) in [6.45, 7) is 0. The lowest BCUT2D eigenvalue weighted by Crippen LogP contribution is -2.35. The number of thiophene rings is 1. The summed E-state index contributed by atoms with van der Waals surface area (Å²) in [7, 11) is 0. The van der Waals surface area contributed by atoms with Gasteiger partial charge in [-0.1, -0.05) is 25.7 Å². The number of nitrogens with one attached hydrogen (secondary N) is 1. The molecule has 0 aromatic carbocycles. The van der Waals surface area contributed by atoms with Gasteiger partial charge in [0.05, 0.1) is 10.2 Å². The van der Waals surface area contributed by atoms with Crippen LogP contribution >= 0.6 is 27.3 Å². The zero-order valence-electron chi connectivity index (χ0n) is 9.88. The van der Waals surface area contributed by atoms with Gasteiger partial charge in [0.25, 0.3) is 0 Å². The quantitative estimate of drug-likeness (QED) is 0.842. The topological polar surface area (TPSA) is 29.1 Å². The molecule has 0 spiro atoms. The van der Waals surface area contributed by atoms with E-state index in [4.69, 9.17) is 0 Å². The van der Waals surface area contributed by atoms with Crippen molar-refractivity contribution in [2.24, 2.45) is 0 Å². The highest BCUT2D eigenvalue weighted by atomic mass is 79.9. The van der Waals surface area contributed by atoms with Crippen LogP contribution in [0.25, 0.3) is 0 Å². The first kappa shape index (κ1) is 13.1. The molecule has 1 aliphatic carbocycles. The van der Waals surface area contributed by atoms with Crippen LogP contribution in [-0.2, 0) is 11.2 Å². The van der Waals surface area contributed by atoms with Gasteiger partial charge in [-0.3, -0.25) is 4.79 Å². The molecule has 1 aromatic rings. The van der Waals surface area contributed by atoms with E-state index in [0.29, 0.717) is 12.5 Å². The molecule has 1 fully saturated rings. The lowest BCUT2D eigenvalue weighted by Gasteiger charge is -2.15. The smallest absolute Gasteiger partial charge is 0.225 e. The maximum Gasteiger partial charge on any atom is 0.225 e. The highest BCUT2D eigenvalue weighted by Crippen LogP contribution is 2.22. The summed E-state index contributed by atoms with van der Waals surface area (Å²) in [6, 6.07) is 4.42. The molecule has 1 aromatic heterocycles. The molecule has 1 amide bonds. The van der Waals surface area contributed by atoms with Crippen molar-refractivity contribution in [3.63, 3.8) is 0 Å². The molecule has 1 saturated carbocycles. The molecule has 2 rings (SSSR count). The fourth-order valence-electron chi connectivity index (χ4n) is 2.31. The molecular weight excluding hydrogens is 298 g/mol. The first-order valence-electron chi connectivity index (χ1n) is 6.27. The third-order valence-electron chi connectivity index (χ3n) is 3.18. The maximum atomic E-state index is 11.9. The molecule has 0 saturated heterocycles. The van der Waals surface area contributed by atoms with E-state index in [0.717, 1.165) is 21.5 Å². The molecule has 17 heavy (non-hydrogen) atoms. The normalized spacial score (nSPS) is 17.7. The van der Waals surface area contributed by atoms with Crippen molar-refractivity contribution in [3.8, 4) is 0 Å². The predicted molar refractivity (Wildman–Crippen MR) is 75.4 cm³/mol. The summed E-state index contributed by atoms with van der Waals surface area (Å²) >= 11 is 5.06. The second kappa shape index (κ2) is 6.55. The fraction of sp³-hybridized carbons (Fsp3) is 0.615. The molecule has 0 unspecified atom stereocenters. The van der Waals surface area contributed by atoms with Gasteiger partial charge < -0.3 is 5.32 Å². The minimum atomic E-state index is 0.172. The van der Waals surface area contributed by atoms with Crippen molar-refractivity contribution >= 4 is 33.2 Å². The van der Waals surface area contributed by atoms with Gasteiger partial charge in [-0.2, -0.15) is 0 Å². The fourth-order valence-corrected chi connectivity index (χ4v) is 3.79. The van der Waals surface area contributed by atoms with E-state index < -0.39 is 0 Å². The van der Waals surface area contributed by atoms with Crippen molar-refractivity contribution in [2.45, 2.75) is 51.0 Å². The van der Waals surface area contributed by atoms with E-state index in [2.05, 4.69) is 21.2 Å². The van der Waals surface area contributed by atoms with Crippen LogP contribution in [-0.4, -0.2) is 11.9 Å². The zero-order valence-corrected chi connectivity index (χ0v) is 12.3. The molecule has 0 aliphatic heterocycles. The average Bonchev–Trinajstić information content (AvgIpc) is 2.53. The molecule has 1 heterocycles. The molecule has 4 heteroatoms. The van der Waals surface area contributed by atoms with Crippen LogP contribution in [0.4, 0.5) is 0 Å². The lowest BCUT2D eigenvalue weighted by atomic mass is 10.1. The Labute approximate surface area is 115 Å². The van der Waals surface area contributed by atoms with E-state index in [1.165, 1.54) is 25.7 Å². The monoisotopic (exact) mass is 315 g/mol. The van der Waals surface area contributed by atoms with Gasteiger partial charge >= 0.3 is 0 Å². The summed E-state index contributed by atoms with van der Waals surface area (Å²) in [6.07, 6.45) is 7.99. The molecule has 1 N–H and O–H groups in total. The Kier molecular flexibility index (Phi) is 5.04. The number of halogens is 1. The zero-order chi connectivity index (χ0) is 12.1. The van der Waals surface area contributed by atoms with Gasteiger partial charge in [0.2, 0.25) is 5.91 Å². The summed E-state index contributed by atoms with van der Waals surface area (Å²) in [5.41, 5.74) is 0. The Hall–Kier alpha value is -0.350. The third kappa shape index (κ3) is 4.43. The van der Waals surface area contributed by atoms with Crippen LogP contribution in [0.15, 0.2) is 15.9 Å². The van der Waals surface area contributed by atoms with Crippen LogP contribution in [0.5, 0.6) is 0 Å². The molecule has 94 valence electrons. The number of carbonyl (C=O) groups is 1. The van der Waals surface area contributed by atoms with Crippen molar-refractivity contribution in [1.82, 2.24) is 5.32 Å². The number of hydrogen-bond acceptors (Lipinski definition) is 2. The van der Waals surface area contributed by atoms with Gasteiger partial charge in [-0.25, -0.2) is 0 Å². The Bertz CT molecular complexity index is 369. The number of carbonyl (C=O) groups excluding carboxylic acids is 1. The third-order valence-corrected chi connectivity index (χ3v) is 4.81. The summed E-state index contributed by atoms with van der Waals surface area (Å²) in [4.78, 5) is 13.0. The van der Waals surface area contributed by atoms with Gasteiger partial charge in [0, 0.05) is 10.9 Å². The highest BCUT2D eigenvalue weighted by Gasteiger charge is 2.15. The van der Waals surface area contributed by atoms with E-state index in [-0.39, 0.29) is 5.91 Å². The molecule has 0 bridgehead atoms. The van der Waals surface area contributed by atoms with E-state index >= 15 is 0 Å². The highest BCUT2D eigenvalue weighted by molar-refractivity contribution is 9.11. The van der Waals surface area contributed by atoms with Crippen LogP contribution < -0.4 is 5.32 Å². The van der Waals surface area contributed by atoms with Crippen LogP contribution in [0, 0.1) is 0 Å². The van der Waals surface area contributed by atoms with Crippen molar-refractivity contribution in [1.29, 1.82) is 0 Å². The van der Waals surface area contributed by atoms with Crippen LogP contribution in [0.2, 0.25) is 0 Å². The van der Waals surface area contributed by atoms with Gasteiger partial charge in [0.1, 0.15) is 0 Å². The van der Waals surface area contributed by atoms with Crippen molar-refractivity contribution < 1.29 is 4.79 Å². The molecule has 1 aliphatic rings. The first-order chi connectivity index (χ1) is 8.24. The van der Waals surface area contributed by atoms with Crippen LogP contribution in [0.3, 0.4) is 0 Å². The molecule has 0 radical (unpaired) electrons. The van der Waals surface area contributed by atoms with Gasteiger partial charge in [0.15, 0.2) is 0 Å². The SMILES string of the molecule is O=C(Cc1ccc(Br)s1)NC1CCCCCC1. The van der Waals surface area contributed by atoms with Crippen LogP contribution in [0.1, 0.15) is 43.4 Å². The summed E-state index contributed by atoms with van der Waals surface area (Å²) in [5, 5.41) is 3.17. The number of rotatable bonds is 3. The number of amides is 1. The minimum Gasteiger partial charge on any atom is -0.353 e. The Balaban J connectivity index is 1.80. The molecular formula is C13H18BrNOS. The molecule has 2 nitrogen and oxygen atoms in total. The summed E-state index contributed by atoms with van der Waals surface area (Å²) < 4.78 is 1.09.